The summed E-state index contributed by atoms with van der Waals surface area (Å²) in [5.41, 5.74) is 1.30. The van der Waals surface area contributed by atoms with Crippen molar-refractivity contribution in [2.24, 2.45) is 0 Å². The third-order valence-corrected chi connectivity index (χ3v) is 2.81. The summed E-state index contributed by atoms with van der Waals surface area (Å²) in [5, 5.41) is 8.23. The molecule has 0 aliphatic rings. The Kier molecular flexibility index (Phi) is 5.09. The molecule has 0 unspecified atom stereocenters. The van der Waals surface area contributed by atoms with Gasteiger partial charge >= 0.3 is 6.03 Å². The minimum atomic E-state index is -0.388. The molecule has 6 heteroatoms. The van der Waals surface area contributed by atoms with Gasteiger partial charge in [0.15, 0.2) is 0 Å². The summed E-state index contributed by atoms with van der Waals surface area (Å²) in [6.45, 7) is 0.446. The molecule has 21 heavy (non-hydrogen) atoms. The Morgan fingerprint density at radius 2 is 2.05 bits per heavy atom. The molecular weight excluding hydrogens is 271 g/mol. The van der Waals surface area contributed by atoms with Gasteiger partial charge in [-0.3, -0.25) is 0 Å². The van der Waals surface area contributed by atoms with Crippen LogP contribution in [0.1, 0.15) is 5.69 Å². The van der Waals surface area contributed by atoms with E-state index in [0.717, 1.165) is 11.5 Å². The Morgan fingerprint density at radius 3 is 2.81 bits per heavy atom. The fourth-order valence-corrected chi connectivity index (χ4v) is 1.80. The molecule has 0 aliphatic heterocycles. The molecule has 1 aromatic carbocycles. The molecule has 2 rings (SSSR count). The number of amides is 2. The first-order valence-corrected chi connectivity index (χ1v) is 6.61. The largest absolute Gasteiger partial charge is 0.373 e. The Balaban J connectivity index is 1.79. The average molecular weight is 288 g/mol. The Bertz CT molecular complexity index is 618. The lowest BCUT2D eigenvalue weighted by atomic mass is 10.2. The van der Waals surface area contributed by atoms with Crippen LogP contribution in [0.5, 0.6) is 0 Å². The number of urea groups is 1. The number of anilines is 2. The van der Waals surface area contributed by atoms with Gasteiger partial charge in [0.2, 0.25) is 0 Å². The van der Waals surface area contributed by atoms with Gasteiger partial charge in [-0.25, -0.2) is 14.2 Å². The summed E-state index contributed by atoms with van der Waals surface area (Å²) in [5.74, 6) is 0.401. The number of benzene rings is 1. The van der Waals surface area contributed by atoms with Crippen LogP contribution in [0.2, 0.25) is 0 Å². The first kappa shape index (κ1) is 14.8. The van der Waals surface area contributed by atoms with Crippen LogP contribution in [-0.2, 0) is 6.42 Å². The van der Waals surface area contributed by atoms with E-state index in [4.69, 9.17) is 0 Å². The highest BCUT2D eigenvalue weighted by molar-refractivity contribution is 5.89. The fourth-order valence-electron chi connectivity index (χ4n) is 1.80. The van der Waals surface area contributed by atoms with Gasteiger partial charge in [0.05, 0.1) is 0 Å². The summed E-state index contributed by atoms with van der Waals surface area (Å²) < 4.78 is 13.0. The van der Waals surface area contributed by atoms with Crippen LogP contribution in [0, 0.1) is 5.82 Å². The van der Waals surface area contributed by atoms with Gasteiger partial charge in [-0.05, 0) is 30.3 Å². The number of nitrogens with zero attached hydrogens (tertiary/aromatic N) is 1. The molecule has 0 radical (unpaired) electrons. The molecule has 1 aromatic heterocycles. The van der Waals surface area contributed by atoms with Gasteiger partial charge in [0.25, 0.3) is 0 Å². The van der Waals surface area contributed by atoms with Crippen molar-refractivity contribution in [2.45, 2.75) is 6.42 Å². The summed E-state index contributed by atoms with van der Waals surface area (Å²) in [7, 11) is 1.80. The molecule has 0 atom stereocenters. The quantitative estimate of drug-likeness (QED) is 0.792. The van der Waals surface area contributed by atoms with Gasteiger partial charge in [0, 0.05) is 31.4 Å². The van der Waals surface area contributed by atoms with Crippen LogP contribution < -0.4 is 16.0 Å². The van der Waals surface area contributed by atoms with Crippen molar-refractivity contribution in [3.63, 3.8) is 0 Å². The molecule has 2 amide bonds. The lowest BCUT2D eigenvalue weighted by Crippen LogP contribution is -2.30. The van der Waals surface area contributed by atoms with Gasteiger partial charge < -0.3 is 16.0 Å². The van der Waals surface area contributed by atoms with E-state index < -0.39 is 0 Å². The molecule has 0 bridgehead atoms. The highest BCUT2D eigenvalue weighted by Gasteiger charge is 2.03. The standard InChI is InChI=1S/C15H17FN4O/c1-17-14-7-3-5-12(19-14)8-9-18-15(21)20-13-6-2-4-11(16)10-13/h2-7,10H,8-9H2,1H3,(H,17,19)(H2,18,20,21). The third-order valence-electron chi connectivity index (χ3n) is 2.81. The number of hydrogen-bond donors (Lipinski definition) is 3. The smallest absolute Gasteiger partial charge is 0.319 e. The molecule has 0 fully saturated rings. The number of carbonyl (C=O) groups is 1. The maximum Gasteiger partial charge on any atom is 0.319 e. The van der Waals surface area contributed by atoms with Crippen LogP contribution in [0.4, 0.5) is 20.7 Å². The second-order valence-electron chi connectivity index (χ2n) is 4.41. The number of halogens is 1. The van der Waals surface area contributed by atoms with Crippen molar-refractivity contribution in [3.8, 4) is 0 Å². The van der Waals surface area contributed by atoms with E-state index in [1.807, 2.05) is 18.2 Å². The van der Waals surface area contributed by atoms with Crippen molar-refractivity contribution in [3.05, 3.63) is 54.0 Å². The maximum atomic E-state index is 13.0. The molecular formula is C15H17FN4O. The summed E-state index contributed by atoms with van der Waals surface area (Å²) in [4.78, 5) is 16.0. The molecule has 110 valence electrons. The fraction of sp³-hybridized carbons (Fsp3) is 0.200. The SMILES string of the molecule is CNc1cccc(CCNC(=O)Nc2cccc(F)c2)n1. The van der Waals surface area contributed by atoms with Crippen molar-refractivity contribution < 1.29 is 9.18 Å². The first-order valence-electron chi connectivity index (χ1n) is 6.61. The lowest BCUT2D eigenvalue weighted by molar-refractivity contribution is 0.252. The van der Waals surface area contributed by atoms with E-state index in [-0.39, 0.29) is 11.8 Å². The van der Waals surface area contributed by atoms with Gasteiger partial charge in [0.1, 0.15) is 11.6 Å². The van der Waals surface area contributed by atoms with E-state index in [9.17, 15) is 9.18 Å². The molecule has 0 saturated heterocycles. The van der Waals surface area contributed by atoms with Crippen molar-refractivity contribution in [1.82, 2.24) is 10.3 Å². The highest BCUT2D eigenvalue weighted by atomic mass is 19.1. The molecule has 2 aromatic rings. The molecule has 0 saturated carbocycles. The van der Waals surface area contributed by atoms with E-state index in [1.165, 1.54) is 18.2 Å². The summed E-state index contributed by atoms with van der Waals surface area (Å²) >= 11 is 0. The van der Waals surface area contributed by atoms with Crippen molar-refractivity contribution in [2.75, 3.05) is 24.2 Å². The molecule has 3 N–H and O–H groups in total. The Hall–Kier alpha value is -2.63. The number of hydrogen-bond acceptors (Lipinski definition) is 3. The Labute approximate surface area is 122 Å². The van der Waals surface area contributed by atoms with Crippen molar-refractivity contribution >= 4 is 17.5 Å². The number of pyridine rings is 1. The average Bonchev–Trinajstić information content (AvgIpc) is 2.47. The second-order valence-corrected chi connectivity index (χ2v) is 4.41. The molecule has 0 aliphatic carbocycles. The summed E-state index contributed by atoms with van der Waals surface area (Å²) in [6, 6.07) is 11.0. The highest BCUT2D eigenvalue weighted by Crippen LogP contribution is 2.08. The molecule has 1 heterocycles. The zero-order chi connectivity index (χ0) is 15.1. The number of rotatable bonds is 5. The van der Waals surface area contributed by atoms with Crippen LogP contribution in [0.25, 0.3) is 0 Å². The Morgan fingerprint density at radius 1 is 1.24 bits per heavy atom. The predicted octanol–water partition coefficient (Wildman–Crippen LogP) is 2.63. The maximum absolute atomic E-state index is 13.0. The predicted molar refractivity (Wildman–Crippen MR) is 80.9 cm³/mol. The monoisotopic (exact) mass is 288 g/mol. The van der Waals surface area contributed by atoms with Crippen LogP contribution in [0.3, 0.4) is 0 Å². The minimum absolute atomic E-state index is 0.370. The molecule has 0 spiro atoms. The van der Waals surface area contributed by atoms with E-state index in [2.05, 4.69) is 20.9 Å². The van der Waals surface area contributed by atoms with E-state index in [0.29, 0.717) is 18.7 Å². The zero-order valence-corrected chi connectivity index (χ0v) is 11.7. The van der Waals surface area contributed by atoms with Crippen molar-refractivity contribution in [1.29, 1.82) is 0 Å². The normalized spacial score (nSPS) is 10.0. The topological polar surface area (TPSA) is 66.0 Å². The number of nitrogens with one attached hydrogen (secondary N) is 3. The zero-order valence-electron chi connectivity index (χ0n) is 11.7. The third kappa shape index (κ3) is 4.76. The van der Waals surface area contributed by atoms with Gasteiger partial charge in [-0.15, -0.1) is 0 Å². The van der Waals surface area contributed by atoms with Gasteiger partial charge in [-0.2, -0.15) is 0 Å². The second kappa shape index (κ2) is 7.23. The van der Waals surface area contributed by atoms with Crippen LogP contribution in [-0.4, -0.2) is 24.6 Å². The van der Waals surface area contributed by atoms with Crippen LogP contribution in [0.15, 0.2) is 42.5 Å². The minimum Gasteiger partial charge on any atom is -0.373 e. The van der Waals surface area contributed by atoms with E-state index in [1.54, 1.807) is 13.1 Å². The number of aromatic nitrogens is 1. The first-order chi connectivity index (χ1) is 10.2. The van der Waals surface area contributed by atoms with Crippen LogP contribution >= 0.6 is 0 Å². The number of carbonyl (C=O) groups excluding carboxylic acids is 1. The van der Waals surface area contributed by atoms with E-state index >= 15 is 0 Å². The summed E-state index contributed by atoms with van der Waals surface area (Å²) in [6.07, 6.45) is 0.617. The molecule has 5 nitrogen and oxygen atoms in total. The lowest BCUT2D eigenvalue weighted by Gasteiger charge is -2.08. The van der Waals surface area contributed by atoms with Gasteiger partial charge in [-0.1, -0.05) is 12.1 Å².